The minimum absolute atomic E-state index is 0.119. The molecule has 2 aromatic rings. The van der Waals surface area contributed by atoms with E-state index in [1.165, 1.54) is 12.1 Å². The molecule has 0 radical (unpaired) electrons. The summed E-state index contributed by atoms with van der Waals surface area (Å²) in [5.74, 6) is 0. The van der Waals surface area contributed by atoms with Gasteiger partial charge in [0.05, 0.1) is 4.90 Å². The Hall–Kier alpha value is -1.59. The third kappa shape index (κ3) is 2.11. The zero-order valence-electron chi connectivity index (χ0n) is 9.29. The number of aryl methyl sites for hydroxylation is 1. The van der Waals surface area contributed by atoms with Gasteiger partial charge in [-0.3, -0.25) is 0 Å². The van der Waals surface area contributed by atoms with Crippen LogP contribution in [-0.4, -0.2) is 18.5 Å². The summed E-state index contributed by atoms with van der Waals surface area (Å²) in [5.41, 5.74) is -0.498. The summed E-state index contributed by atoms with van der Waals surface area (Å²) < 4.78 is 24.2. The van der Waals surface area contributed by atoms with Crippen LogP contribution in [0.1, 0.15) is 16.7 Å². The first-order chi connectivity index (χ1) is 8.03. The number of nitrogens with one attached hydrogen (secondary N) is 1. The molecule has 1 atom stereocenters. The molecular weight excluding hydrogens is 238 g/mol. The molecule has 1 aromatic heterocycles. The molecule has 5 heteroatoms. The van der Waals surface area contributed by atoms with Gasteiger partial charge in [0.1, 0.15) is 0 Å². The van der Waals surface area contributed by atoms with Crippen molar-refractivity contribution in [2.45, 2.75) is 17.3 Å². The minimum atomic E-state index is -3.75. The van der Waals surface area contributed by atoms with Gasteiger partial charge in [-0.05, 0) is 25.1 Å². The number of benzene rings is 1. The molecule has 90 valence electrons. The van der Waals surface area contributed by atoms with Crippen molar-refractivity contribution in [3.63, 3.8) is 0 Å². The molecule has 0 spiro atoms. The van der Waals surface area contributed by atoms with Crippen molar-refractivity contribution in [2.24, 2.45) is 0 Å². The number of aromatic nitrogens is 1. The van der Waals surface area contributed by atoms with Crippen LogP contribution in [0.3, 0.4) is 0 Å². The Labute approximate surface area is 99.8 Å². The molecule has 0 saturated heterocycles. The fraction of sp³-hybridized carbons (Fsp3) is 0.167. The normalized spacial score (nSPS) is 13.5. The summed E-state index contributed by atoms with van der Waals surface area (Å²) in [5, 5.41) is 9.96. The highest BCUT2D eigenvalue weighted by Crippen LogP contribution is 2.27. The molecule has 1 aromatic carbocycles. The number of hydrogen-bond acceptors (Lipinski definition) is 3. The maximum Gasteiger partial charge on any atom is 0.209 e. The van der Waals surface area contributed by atoms with Crippen LogP contribution in [0.15, 0.2) is 47.5 Å². The number of hydrogen-bond donors (Lipinski definition) is 2. The predicted molar refractivity (Wildman–Crippen MR) is 64.1 cm³/mol. The van der Waals surface area contributed by atoms with Crippen LogP contribution in [0, 0.1) is 6.92 Å². The smallest absolute Gasteiger partial charge is 0.209 e. The van der Waals surface area contributed by atoms with Crippen LogP contribution in [0.2, 0.25) is 0 Å². The fourth-order valence-electron chi connectivity index (χ4n) is 1.64. The molecule has 0 amide bonds. The van der Waals surface area contributed by atoms with Gasteiger partial charge >= 0.3 is 0 Å². The van der Waals surface area contributed by atoms with Crippen LogP contribution in [0.5, 0.6) is 0 Å². The van der Waals surface area contributed by atoms with Crippen molar-refractivity contribution in [2.75, 3.05) is 0 Å². The molecule has 0 aliphatic rings. The molecule has 4 nitrogen and oxygen atoms in total. The van der Waals surface area contributed by atoms with E-state index >= 15 is 0 Å². The zero-order chi connectivity index (χ0) is 12.5. The number of aliphatic hydroxyl groups excluding tert-OH is 1. The average Bonchev–Trinajstić information content (AvgIpc) is 2.75. The van der Waals surface area contributed by atoms with Crippen molar-refractivity contribution in [3.8, 4) is 0 Å². The summed E-state index contributed by atoms with van der Waals surface area (Å²) in [6, 6.07) is 9.50. The standard InChI is InChI=1S/C12H13NO3S/c1-9-11(7-8-13-9)12(14)17(15,16)10-5-3-2-4-6-10/h2-8,12-14H,1H3. The zero-order valence-corrected chi connectivity index (χ0v) is 10.1. The van der Waals surface area contributed by atoms with Gasteiger partial charge in [-0.2, -0.15) is 0 Å². The van der Waals surface area contributed by atoms with E-state index in [0.29, 0.717) is 11.3 Å². The Kier molecular flexibility index (Phi) is 3.04. The summed E-state index contributed by atoms with van der Waals surface area (Å²) in [4.78, 5) is 2.97. The van der Waals surface area contributed by atoms with E-state index in [1.807, 2.05) is 0 Å². The van der Waals surface area contributed by atoms with Gasteiger partial charge in [-0.1, -0.05) is 18.2 Å². The second-order valence-electron chi connectivity index (χ2n) is 3.77. The number of sulfone groups is 1. The maximum absolute atomic E-state index is 12.1. The molecule has 1 unspecified atom stereocenters. The van der Waals surface area contributed by atoms with E-state index in [-0.39, 0.29) is 4.90 Å². The van der Waals surface area contributed by atoms with Gasteiger partial charge in [0.25, 0.3) is 0 Å². The van der Waals surface area contributed by atoms with Crippen LogP contribution in [0.25, 0.3) is 0 Å². The Morgan fingerprint density at radius 2 is 1.82 bits per heavy atom. The van der Waals surface area contributed by atoms with Crippen LogP contribution >= 0.6 is 0 Å². The molecule has 17 heavy (non-hydrogen) atoms. The molecular formula is C12H13NO3S. The van der Waals surface area contributed by atoms with Gasteiger partial charge in [-0.15, -0.1) is 0 Å². The Morgan fingerprint density at radius 3 is 2.35 bits per heavy atom. The average molecular weight is 251 g/mol. The summed E-state index contributed by atoms with van der Waals surface area (Å²) in [7, 11) is -3.75. The lowest BCUT2D eigenvalue weighted by Crippen LogP contribution is -2.13. The van der Waals surface area contributed by atoms with E-state index in [0.717, 1.165) is 0 Å². The molecule has 0 aliphatic heterocycles. The van der Waals surface area contributed by atoms with Crippen LogP contribution in [0.4, 0.5) is 0 Å². The van der Waals surface area contributed by atoms with Crippen molar-refractivity contribution >= 4 is 9.84 Å². The quantitative estimate of drug-likeness (QED) is 0.873. The molecule has 1 heterocycles. The fourth-order valence-corrected chi connectivity index (χ4v) is 3.02. The first-order valence-corrected chi connectivity index (χ1v) is 6.69. The van der Waals surface area contributed by atoms with Crippen molar-refractivity contribution in [1.82, 2.24) is 4.98 Å². The van der Waals surface area contributed by atoms with Gasteiger partial charge in [0.15, 0.2) is 5.44 Å². The van der Waals surface area contributed by atoms with Crippen LogP contribution in [-0.2, 0) is 9.84 Å². The van der Waals surface area contributed by atoms with E-state index in [2.05, 4.69) is 4.98 Å². The van der Waals surface area contributed by atoms with E-state index < -0.39 is 15.3 Å². The first-order valence-electron chi connectivity index (χ1n) is 5.14. The second-order valence-corrected chi connectivity index (χ2v) is 5.78. The third-order valence-corrected chi connectivity index (χ3v) is 4.40. The van der Waals surface area contributed by atoms with Gasteiger partial charge < -0.3 is 10.1 Å². The molecule has 0 bridgehead atoms. The summed E-state index contributed by atoms with van der Waals surface area (Å²) >= 11 is 0. The van der Waals surface area contributed by atoms with E-state index in [9.17, 15) is 13.5 Å². The number of rotatable bonds is 3. The second kappa shape index (κ2) is 4.35. The van der Waals surface area contributed by atoms with Gasteiger partial charge in [-0.25, -0.2) is 8.42 Å². The molecule has 0 saturated carbocycles. The van der Waals surface area contributed by atoms with E-state index in [1.54, 1.807) is 37.4 Å². The molecule has 0 aliphatic carbocycles. The minimum Gasteiger partial charge on any atom is -0.373 e. The Balaban J connectivity index is 2.45. The van der Waals surface area contributed by atoms with Crippen LogP contribution < -0.4 is 0 Å². The molecule has 2 N–H and O–H groups in total. The highest BCUT2D eigenvalue weighted by molar-refractivity contribution is 7.91. The molecule has 2 rings (SSSR count). The van der Waals surface area contributed by atoms with Crippen molar-refractivity contribution in [3.05, 3.63) is 53.9 Å². The number of aromatic amines is 1. The van der Waals surface area contributed by atoms with Crippen molar-refractivity contribution in [1.29, 1.82) is 0 Å². The van der Waals surface area contributed by atoms with E-state index in [4.69, 9.17) is 0 Å². The summed E-state index contributed by atoms with van der Waals surface area (Å²) in [6.45, 7) is 1.72. The largest absolute Gasteiger partial charge is 0.373 e. The topological polar surface area (TPSA) is 70.2 Å². The maximum atomic E-state index is 12.1. The monoisotopic (exact) mass is 251 g/mol. The van der Waals surface area contributed by atoms with Crippen molar-refractivity contribution < 1.29 is 13.5 Å². The first kappa shape index (κ1) is 11.9. The lowest BCUT2D eigenvalue weighted by atomic mass is 10.3. The highest BCUT2D eigenvalue weighted by atomic mass is 32.2. The SMILES string of the molecule is Cc1[nH]ccc1C(O)S(=O)(=O)c1ccccc1. The van der Waals surface area contributed by atoms with Gasteiger partial charge in [0.2, 0.25) is 9.84 Å². The lowest BCUT2D eigenvalue weighted by Gasteiger charge is -2.11. The number of aliphatic hydroxyl groups is 1. The Bertz CT molecular complexity index is 602. The van der Waals surface area contributed by atoms with Gasteiger partial charge in [0, 0.05) is 17.5 Å². The Morgan fingerprint density at radius 1 is 1.18 bits per heavy atom. The predicted octanol–water partition coefficient (Wildman–Crippen LogP) is 1.79. The number of H-pyrrole nitrogens is 1. The highest BCUT2D eigenvalue weighted by Gasteiger charge is 2.28. The lowest BCUT2D eigenvalue weighted by molar-refractivity contribution is 0.254. The molecule has 0 fully saturated rings. The summed E-state index contributed by atoms with van der Waals surface area (Å²) in [6.07, 6.45) is 1.61. The third-order valence-electron chi connectivity index (χ3n) is 2.63.